The van der Waals surface area contributed by atoms with Crippen molar-refractivity contribution < 1.29 is 9.53 Å². The maximum Gasteiger partial charge on any atom is 0.219 e. The van der Waals surface area contributed by atoms with E-state index in [1.165, 1.54) is 5.70 Å². The lowest BCUT2D eigenvalue weighted by molar-refractivity contribution is -0.129. The van der Waals surface area contributed by atoms with Crippen molar-refractivity contribution in [2.24, 2.45) is 11.8 Å². The van der Waals surface area contributed by atoms with Crippen molar-refractivity contribution >= 4 is 29.0 Å². The predicted molar refractivity (Wildman–Crippen MR) is 194 cm³/mol. The van der Waals surface area contributed by atoms with Crippen molar-refractivity contribution in [1.82, 2.24) is 29.9 Å². The molecule has 2 aliphatic rings. The molecule has 4 heterocycles. The molecular weight excluding hydrogens is 610 g/mol. The quantitative estimate of drug-likeness (QED) is 0.210. The molecular formula is C37H52ClN7O2. The number of benzene rings is 1. The van der Waals surface area contributed by atoms with Gasteiger partial charge in [0.15, 0.2) is 11.5 Å². The fourth-order valence-electron chi connectivity index (χ4n) is 5.84. The van der Waals surface area contributed by atoms with Crippen LogP contribution in [0.5, 0.6) is 5.75 Å². The first-order valence-electron chi connectivity index (χ1n) is 17.0. The summed E-state index contributed by atoms with van der Waals surface area (Å²) in [5.41, 5.74) is 6.85. The van der Waals surface area contributed by atoms with E-state index in [9.17, 15) is 4.79 Å². The average molecular weight is 662 g/mol. The molecule has 2 aromatic heterocycles. The topological polar surface area (TPSA) is 87.0 Å². The number of rotatable bonds is 11. The second kappa shape index (κ2) is 16.2. The molecule has 0 radical (unpaired) electrons. The number of nitrogens with zero attached hydrogens (tertiary/aromatic N) is 5. The number of carbonyl (C=O) groups excluding carboxylic acids is 1. The van der Waals surface area contributed by atoms with Crippen LogP contribution in [0.3, 0.4) is 0 Å². The summed E-state index contributed by atoms with van der Waals surface area (Å²) in [6.45, 7) is 21.5. The number of piperazine rings is 1. The van der Waals surface area contributed by atoms with E-state index in [4.69, 9.17) is 26.3 Å². The van der Waals surface area contributed by atoms with Gasteiger partial charge < -0.3 is 25.2 Å². The van der Waals surface area contributed by atoms with Gasteiger partial charge >= 0.3 is 0 Å². The van der Waals surface area contributed by atoms with Gasteiger partial charge in [-0.3, -0.25) is 9.20 Å². The van der Waals surface area contributed by atoms with Gasteiger partial charge in [0.25, 0.3) is 0 Å². The number of anilines is 1. The Balaban J connectivity index is 0.00000245. The van der Waals surface area contributed by atoms with Crippen molar-refractivity contribution in [1.29, 1.82) is 0 Å². The van der Waals surface area contributed by atoms with E-state index in [0.29, 0.717) is 55.2 Å². The number of hydrogen-bond acceptors (Lipinski definition) is 7. The molecule has 1 fully saturated rings. The minimum atomic E-state index is -0.0148. The highest BCUT2D eigenvalue weighted by Gasteiger charge is 2.27. The van der Waals surface area contributed by atoms with Crippen LogP contribution >= 0.6 is 11.6 Å². The van der Waals surface area contributed by atoms with Crippen LogP contribution in [-0.4, -0.2) is 64.6 Å². The average Bonchev–Trinajstić information content (AvgIpc) is 3.71. The summed E-state index contributed by atoms with van der Waals surface area (Å²) < 4.78 is 7.48. The third kappa shape index (κ3) is 8.12. The van der Waals surface area contributed by atoms with E-state index >= 15 is 0 Å². The van der Waals surface area contributed by atoms with Crippen LogP contribution in [0.25, 0.3) is 16.9 Å². The van der Waals surface area contributed by atoms with Crippen LogP contribution in [0.1, 0.15) is 67.0 Å². The maximum absolute atomic E-state index is 12.0. The zero-order chi connectivity index (χ0) is 34.2. The molecule has 0 aliphatic carbocycles. The fraction of sp³-hybridized carbons (Fsp3) is 0.486. The summed E-state index contributed by atoms with van der Waals surface area (Å²) in [4.78, 5) is 26.1. The van der Waals surface area contributed by atoms with E-state index in [1.807, 2.05) is 43.1 Å². The van der Waals surface area contributed by atoms with Crippen molar-refractivity contribution in [3.8, 4) is 17.0 Å². The molecule has 0 spiro atoms. The number of amides is 1. The number of ether oxygens (including phenoxy) is 1. The lowest BCUT2D eigenvalue weighted by Gasteiger charge is -2.35. The van der Waals surface area contributed by atoms with Gasteiger partial charge in [-0.2, -0.15) is 0 Å². The summed E-state index contributed by atoms with van der Waals surface area (Å²) in [7, 11) is 1.63. The first-order valence-corrected chi connectivity index (χ1v) is 17.4. The first-order chi connectivity index (χ1) is 22.6. The minimum absolute atomic E-state index is 0.0148. The van der Waals surface area contributed by atoms with Gasteiger partial charge in [-0.25, -0.2) is 9.97 Å². The lowest BCUT2D eigenvalue weighted by Crippen LogP contribution is -2.48. The standard InChI is InChI=1S/C35H46ClN7O2.C2H6/c1-8-22(3)24(5)10-13-30-33(23(4)9-2)40-32(39-30)18-26-21-43-31(28-12-11-27(45-7)19-29(28)36)20-37-34(35(43)38-26)42-16-14-41(15-17-42)25(6)44;1-2/h10-13,19-23,32,39-40H,5,8-9,14-18H2,1-4,6-7H3;1-2H3/b13-10-;. The van der Waals surface area contributed by atoms with Crippen LogP contribution in [0.15, 0.2) is 66.3 Å². The summed E-state index contributed by atoms with van der Waals surface area (Å²) in [6.07, 6.45) is 11.0. The molecule has 47 heavy (non-hydrogen) atoms. The van der Waals surface area contributed by atoms with Crippen LogP contribution in [0.2, 0.25) is 5.02 Å². The Morgan fingerprint density at radius 1 is 1.15 bits per heavy atom. The third-order valence-corrected chi connectivity index (χ3v) is 9.49. The van der Waals surface area contributed by atoms with Crippen molar-refractivity contribution in [3.63, 3.8) is 0 Å². The van der Waals surface area contributed by atoms with Gasteiger partial charge in [-0.05, 0) is 49.0 Å². The highest BCUT2D eigenvalue weighted by atomic mass is 35.5. The number of imidazole rings is 1. The molecule has 2 N–H and O–H groups in total. The molecule has 254 valence electrons. The molecule has 5 rings (SSSR count). The van der Waals surface area contributed by atoms with E-state index in [2.05, 4.69) is 72.6 Å². The molecule has 0 saturated carbocycles. The van der Waals surface area contributed by atoms with Crippen LogP contribution in [0, 0.1) is 11.8 Å². The SMILES string of the molecule is C=C(/C=C\C1=C(C(C)CC)NC(Cc2cn3c(-c4ccc(OC)cc4Cl)cnc(N4CCN(C(C)=O)CC4)c3n2)N1)C(C)CC.CC. The Bertz CT molecular complexity index is 1620. The van der Waals surface area contributed by atoms with Crippen molar-refractivity contribution in [3.05, 3.63) is 77.0 Å². The largest absolute Gasteiger partial charge is 0.497 e. The number of nitrogens with one attached hydrogen (secondary N) is 2. The summed E-state index contributed by atoms with van der Waals surface area (Å²) >= 11 is 6.75. The second-order valence-corrected chi connectivity index (χ2v) is 12.5. The molecule has 1 amide bonds. The number of methoxy groups -OCH3 is 1. The highest BCUT2D eigenvalue weighted by molar-refractivity contribution is 6.33. The number of hydrogen-bond donors (Lipinski definition) is 2. The lowest BCUT2D eigenvalue weighted by atomic mass is 9.98. The zero-order valence-corrected chi connectivity index (χ0v) is 30.1. The third-order valence-electron chi connectivity index (χ3n) is 9.18. The number of halogens is 1. The van der Waals surface area contributed by atoms with E-state index in [1.54, 1.807) is 14.0 Å². The number of carbonyl (C=O) groups is 1. The van der Waals surface area contributed by atoms with Crippen LogP contribution < -0.4 is 20.3 Å². The predicted octanol–water partition coefficient (Wildman–Crippen LogP) is 7.23. The van der Waals surface area contributed by atoms with E-state index in [-0.39, 0.29) is 12.1 Å². The number of fused-ring (bicyclic) bond motifs is 1. The van der Waals surface area contributed by atoms with Crippen molar-refractivity contribution in [2.75, 3.05) is 38.2 Å². The smallest absolute Gasteiger partial charge is 0.219 e. The second-order valence-electron chi connectivity index (χ2n) is 12.1. The number of aromatic nitrogens is 3. The van der Waals surface area contributed by atoms with E-state index in [0.717, 1.165) is 52.5 Å². The highest BCUT2D eigenvalue weighted by Crippen LogP contribution is 2.34. The number of allylic oxidation sites excluding steroid dienone is 4. The Kier molecular flexibility index (Phi) is 12.4. The van der Waals surface area contributed by atoms with Gasteiger partial charge in [0.2, 0.25) is 5.91 Å². The minimum Gasteiger partial charge on any atom is -0.497 e. The summed E-state index contributed by atoms with van der Waals surface area (Å²) in [5, 5.41) is 8.04. The van der Waals surface area contributed by atoms with Gasteiger partial charge in [-0.15, -0.1) is 0 Å². The van der Waals surface area contributed by atoms with Gasteiger partial charge in [0.1, 0.15) is 11.9 Å². The van der Waals surface area contributed by atoms with E-state index < -0.39 is 0 Å². The Hall–Kier alpha value is -3.98. The van der Waals surface area contributed by atoms with Crippen molar-refractivity contribution in [2.45, 2.75) is 73.9 Å². The normalized spacial score (nSPS) is 17.7. The molecule has 0 bridgehead atoms. The Morgan fingerprint density at radius 3 is 2.49 bits per heavy atom. The van der Waals surface area contributed by atoms with Crippen LogP contribution in [0.4, 0.5) is 5.82 Å². The van der Waals surface area contributed by atoms with Gasteiger partial charge in [-0.1, -0.05) is 71.4 Å². The Morgan fingerprint density at radius 2 is 1.87 bits per heavy atom. The Labute approximate surface area is 285 Å². The molecule has 2 aliphatic heterocycles. The molecule has 1 saturated heterocycles. The fourth-order valence-corrected chi connectivity index (χ4v) is 6.11. The van der Waals surface area contributed by atoms with Gasteiger partial charge in [0, 0.05) is 57.0 Å². The molecule has 3 unspecified atom stereocenters. The summed E-state index contributed by atoms with van der Waals surface area (Å²) in [5.74, 6) is 2.42. The molecule has 3 aromatic rings. The zero-order valence-electron chi connectivity index (χ0n) is 29.4. The van der Waals surface area contributed by atoms with Crippen LogP contribution in [-0.2, 0) is 11.2 Å². The maximum atomic E-state index is 12.0. The molecule has 1 aromatic carbocycles. The molecule has 10 heteroatoms. The molecule has 3 atom stereocenters. The summed E-state index contributed by atoms with van der Waals surface area (Å²) in [6, 6.07) is 5.67. The first kappa shape index (κ1) is 35.9. The monoisotopic (exact) mass is 661 g/mol. The molecule has 9 nitrogen and oxygen atoms in total. The van der Waals surface area contributed by atoms with Gasteiger partial charge in [0.05, 0.1) is 35.4 Å².